The quantitative estimate of drug-likeness (QED) is 0.413. The molecule has 1 heterocycles. The van der Waals surface area contributed by atoms with Crippen molar-refractivity contribution in [1.82, 2.24) is 0 Å². The van der Waals surface area contributed by atoms with E-state index in [2.05, 4.69) is 17.6 Å². The van der Waals surface area contributed by atoms with E-state index >= 15 is 0 Å². The number of anilines is 2. The summed E-state index contributed by atoms with van der Waals surface area (Å²) in [5, 5.41) is 5.73. The molecule has 33 heavy (non-hydrogen) atoms. The van der Waals surface area contributed by atoms with Gasteiger partial charge in [-0.3, -0.25) is 9.59 Å². The van der Waals surface area contributed by atoms with Gasteiger partial charge in [-0.1, -0.05) is 39.0 Å². The highest BCUT2D eigenvalue weighted by atomic mass is 16.5. The van der Waals surface area contributed by atoms with Gasteiger partial charge in [0.1, 0.15) is 5.75 Å². The average molecular weight is 455 g/mol. The molecular formula is C26H34N2O5. The van der Waals surface area contributed by atoms with Gasteiger partial charge < -0.3 is 24.8 Å². The number of hydrogen-bond donors (Lipinski definition) is 2. The summed E-state index contributed by atoms with van der Waals surface area (Å²) >= 11 is 0. The van der Waals surface area contributed by atoms with Crippen molar-refractivity contribution in [1.29, 1.82) is 0 Å². The van der Waals surface area contributed by atoms with Gasteiger partial charge in [0.15, 0.2) is 11.5 Å². The van der Waals surface area contributed by atoms with Crippen molar-refractivity contribution >= 4 is 23.2 Å². The molecule has 0 spiro atoms. The molecule has 0 aliphatic carbocycles. The molecule has 1 aliphatic heterocycles. The van der Waals surface area contributed by atoms with E-state index in [0.717, 1.165) is 12.2 Å². The molecule has 2 N–H and O–H groups in total. The molecule has 7 heteroatoms. The average Bonchev–Trinajstić information content (AvgIpc) is 2.83. The lowest BCUT2D eigenvalue weighted by atomic mass is 9.89. The molecule has 0 saturated carbocycles. The van der Waals surface area contributed by atoms with Crippen molar-refractivity contribution < 1.29 is 23.8 Å². The van der Waals surface area contributed by atoms with Gasteiger partial charge in [-0.15, -0.1) is 0 Å². The molecule has 0 fully saturated rings. The van der Waals surface area contributed by atoms with Crippen molar-refractivity contribution in [3.05, 3.63) is 42.0 Å². The van der Waals surface area contributed by atoms with E-state index in [0.29, 0.717) is 35.0 Å². The maximum atomic E-state index is 13.0. The number of carbonyl (C=O) groups excluding carboxylic acids is 2. The van der Waals surface area contributed by atoms with E-state index in [9.17, 15) is 9.59 Å². The minimum absolute atomic E-state index is 0.0633. The summed E-state index contributed by atoms with van der Waals surface area (Å²) in [5.74, 6) is 0.691. The highest BCUT2D eigenvalue weighted by Crippen LogP contribution is 2.40. The minimum atomic E-state index is -0.628. The van der Waals surface area contributed by atoms with Gasteiger partial charge >= 0.3 is 0 Å². The molecule has 2 amide bonds. The van der Waals surface area contributed by atoms with Crippen molar-refractivity contribution in [2.24, 2.45) is 0 Å². The fourth-order valence-electron chi connectivity index (χ4n) is 3.96. The molecular weight excluding hydrogens is 420 g/mol. The van der Waals surface area contributed by atoms with Gasteiger partial charge in [-0.05, 0) is 42.3 Å². The fourth-order valence-corrected chi connectivity index (χ4v) is 3.96. The molecule has 0 aromatic heterocycles. The first-order valence-electron chi connectivity index (χ1n) is 11.6. The van der Waals surface area contributed by atoms with Crippen molar-refractivity contribution in [2.75, 3.05) is 31.5 Å². The number of hydrogen-bond acceptors (Lipinski definition) is 5. The molecule has 0 saturated heterocycles. The number of amides is 2. The number of benzene rings is 2. The number of methoxy groups -OCH3 is 2. The van der Waals surface area contributed by atoms with E-state index < -0.39 is 5.92 Å². The predicted octanol–water partition coefficient (Wildman–Crippen LogP) is 5.51. The Hall–Kier alpha value is -3.22. The van der Waals surface area contributed by atoms with Crippen LogP contribution in [-0.4, -0.2) is 32.6 Å². The second-order valence-electron chi connectivity index (χ2n) is 8.23. The zero-order valence-corrected chi connectivity index (χ0v) is 19.7. The van der Waals surface area contributed by atoms with Gasteiger partial charge in [0, 0.05) is 23.9 Å². The lowest BCUT2D eigenvalue weighted by Gasteiger charge is -2.26. The smallest absolute Gasteiger partial charge is 0.232 e. The molecule has 0 radical (unpaired) electrons. The number of carbonyl (C=O) groups is 2. The molecule has 1 atom stereocenters. The summed E-state index contributed by atoms with van der Waals surface area (Å²) < 4.78 is 16.5. The Morgan fingerprint density at radius 3 is 2.36 bits per heavy atom. The van der Waals surface area contributed by atoms with Crippen LogP contribution in [0.25, 0.3) is 0 Å². The topological polar surface area (TPSA) is 85.9 Å². The minimum Gasteiger partial charge on any atom is -0.494 e. The van der Waals surface area contributed by atoms with Crippen LogP contribution in [0.15, 0.2) is 36.4 Å². The van der Waals surface area contributed by atoms with Crippen LogP contribution in [0.2, 0.25) is 0 Å². The molecule has 0 bridgehead atoms. The molecule has 7 nitrogen and oxygen atoms in total. The summed E-state index contributed by atoms with van der Waals surface area (Å²) in [6.45, 7) is 2.91. The Morgan fingerprint density at radius 2 is 1.67 bits per heavy atom. The Morgan fingerprint density at radius 1 is 1.00 bits per heavy atom. The van der Waals surface area contributed by atoms with Crippen LogP contribution in [0.1, 0.15) is 63.4 Å². The van der Waals surface area contributed by atoms with E-state index in [1.807, 2.05) is 24.3 Å². The zero-order chi connectivity index (χ0) is 23.6. The normalized spacial score (nSPS) is 14.8. The van der Waals surface area contributed by atoms with E-state index in [-0.39, 0.29) is 18.2 Å². The first-order chi connectivity index (χ1) is 16.0. The summed E-state index contributed by atoms with van der Waals surface area (Å²) in [4.78, 5) is 25.3. The first-order valence-corrected chi connectivity index (χ1v) is 11.6. The van der Waals surface area contributed by atoms with Crippen molar-refractivity contribution in [3.63, 3.8) is 0 Å². The highest BCUT2D eigenvalue weighted by molar-refractivity contribution is 6.05. The zero-order valence-electron chi connectivity index (χ0n) is 19.7. The lowest BCUT2D eigenvalue weighted by molar-refractivity contribution is -0.123. The molecule has 3 rings (SSSR count). The standard InChI is InChI=1S/C26H34N2O5/c1-4-5-6-7-8-9-14-33-19-12-10-18(11-13-19)27-26(30)21-16-25(29)28-22-17-24(32-3)23(31-2)15-20(21)22/h10-13,15,17,21H,4-9,14,16H2,1-3H3,(H,27,30)(H,28,29)/t21-/m0/s1. The second-order valence-corrected chi connectivity index (χ2v) is 8.23. The van der Waals surface area contributed by atoms with Gasteiger partial charge in [0.05, 0.1) is 26.7 Å². The largest absolute Gasteiger partial charge is 0.494 e. The lowest BCUT2D eigenvalue weighted by Crippen LogP contribution is -2.30. The SMILES string of the molecule is CCCCCCCCOc1ccc(NC(=O)[C@H]2CC(=O)Nc3cc(OC)c(OC)cc32)cc1. The predicted molar refractivity (Wildman–Crippen MR) is 129 cm³/mol. The third-order valence-electron chi connectivity index (χ3n) is 5.80. The molecule has 178 valence electrons. The van der Waals surface area contributed by atoms with Crippen molar-refractivity contribution in [3.8, 4) is 17.2 Å². The van der Waals surface area contributed by atoms with Crippen LogP contribution < -0.4 is 24.8 Å². The third-order valence-corrected chi connectivity index (χ3v) is 5.80. The highest BCUT2D eigenvalue weighted by Gasteiger charge is 2.32. The summed E-state index contributed by atoms with van der Waals surface area (Å²) in [7, 11) is 3.07. The fraction of sp³-hybridized carbons (Fsp3) is 0.462. The number of fused-ring (bicyclic) bond motifs is 1. The second kappa shape index (κ2) is 12.1. The summed E-state index contributed by atoms with van der Waals surface area (Å²) in [5.41, 5.74) is 1.91. The van der Waals surface area contributed by atoms with Crippen LogP contribution in [0.4, 0.5) is 11.4 Å². The van der Waals surface area contributed by atoms with E-state index in [1.54, 1.807) is 12.1 Å². The van der Waals surface area contributed by atoms with Gasteiger partial charge in [-0.2, -0.15) is 0 Å². The maximum Gasteiger partial charge on any atom is 0.232 e. The molecule has 2 aromatic rings. The summed E-state index contributed by atoms with van der Waals surface area (Å²) in [6, 6.07) is 10.8. The monoisotopic (exact) mass is 454 g/mol. The number of nitrogens with one attached hydrogen (secondary N) is 2. The number of rotatable bonds is 12. The number of unbranched alkanes of at least 4 members (excludes halogenated alkanes) is 5. The van der Waals surface area contributed by atoms with E-state index in [4.69, 9.17) is 14.2 Å². The van der Waals surface area contributed by atoms with E-state index in [1.165, 1.54) is 46.3 Å². The Labute approximate surface area is 195 Å². The summed E-state index contributed by atoms with van der Waals surface area (Å²) in [6.07, 6.45) is 7.38. The van der Waals surface area contributed by atoms with Gasteiger partial charge in [0.2, 0.25) is 11.8 Å². The number of ether oxygens (including phenoxy) is 3. The Kier molecular flexibility index (Phi) is 8.98. The van der Waals surface area contributed by atoms with Crippen LogP contribution in [0.5, 0.6) is 17.2 Å². The van der Waals surface area contributed by atoms with Crippen molar-refractivity contribution in [2.45, 2.75) is 57.8 Å². The molecule has 1 aliphatic rings. The van der Waals surface area contributed by atoms with Crippen LogP contribution in [-0.2, 0) is 9.59 Å². The maximum absolute atomic E-state index is 13.0. The third kappa shape index (κ3) is 6.63. The Bertz CT molecular complexity index is 942. The first kappa shape index (κ1) is 24.4. The molecule has 0 unspecified atom stereocenters. The van der Waals surface area contributed by atoms with Crippen LogP contribution in [0, 0.1) is 0 Å². The van der Waals surface area contributed by atoms with Crippen LogP contribution in [0.3, 0.4) is 0 Å². The van der Waals surface area contributed by atoms with Gasteiger partial charge in [0.25, 0.3) is 0 Å². The Balaban J connectivity index is 1.58. The van der Waals surface area contributed by atoms with Crippen LogP contribution >= 0.6 is 0 Å². The molecule has 2 aromatic carbocycles. The van der Waals surface area contributed by atoms with Gasteiger partial charge in [-0.25, -0.2) is 0 Å².